The molecule has 2 N–H and O–H groups in total. The van der Waals surface area contributed by atoms with Gasteiger partial charge in [0.25, 0.3) is 5.91 Å². The summed E-state index contributed by atoms with van der Waals surface area (Å²) in [5.74, 6) is -0.560. The second kappa shape index (κ2) is 11.3. The minimum absolute atomic E-state index is 0.101. The highest BCUT2D eigenvalue weighted by Crippen LogP contribution is 2.31. The van der Waals surface area contributed by atoms with E-state index in [9.17, 15) is 22.8 Å². The fraction of sp³-hybridized carbons (Fsp3) is 0.241. The Hall–Kier alpha value is -4.51. The lowest BCUT2D eigenvalue weighted by molar-refractivity contribution is -0.137. The smallest absolute Gasteiger partial charge is 0.381 e. The molecular formula is C29H26F3N5O3. The summed E-state index contributed by atoms with van der Waals surface area (Å²) >= 11 is 0. The number of anilines is 2. The van der Waals surface area contributed by atoms with Gasteiger partial charge in [-0.2, -0.15) is 18.3 Å². The number of halogens is 3. The first-order chi connectivity index (χ1) is 19.2. The number of hydrogen-bond donors (Lipinski definition) is 2. The summed E-state index contributed by atoms with van der Waals surface area (Å²) in [6.07, 6.45) is 3.36. The first kappa shape index (κ1) is 27.1. The molecule has 2 amide bonds. The van der Waals surface area contributed by atoms with Gasteiger partial charge in [0.05, 0.1) is 23.1 Å². The average Bonchev–Trinajstić information content (AvgIpc) is 3.62. The van der Waals surface area contributed by atoms with Crippen molar-refractivity contribution in [2.24, 2.45) is 5.92 Å². The van der Waals surface area contributed by atoms with Crippen molar-refractivity contribution in [1.82, 2.24) is 14.8 Å². The van der Waals surface area contributed by atoms with Crippen LogP contribution in [0.3, 0.4) is 0 Å². The van der Waals surface area contributed by atoms with E-state index in [4.69, 9.17) is 4.74 Å². The summed E-state index contributed by atoms with van der Waals surface area (Å²) < 4.78 is 46.2. The summed E-state index contributed by atoms with van der Waals surface area (Å²) in [6.45, 7) is 3.13. The number of rotatable bonds is 7. The zero-order valence-corrected chi connectivity index (χ0v) is 21.5. The number of aryl methyl sites for hydroxylation is 1. The Bertz CT molecular complexity index is 1540. The van der Waals surface area contributed by atoms with Crippen LogP contribution in [0.15, 0.2) is 73.3 Å². The maximum atomic E-state index is 13.1. The summed E-state index contributed by atoms with van der Waals surface area (Å²) in [5, 5.41) is 10.1. The van der Waals surface area contributed by atoms with Crippen molar-refractivity contribution in [2.75, 3.05) is 23.8 Å². The van der Waals surface area contributed by atoms with E-state index in [2.05, 4.69) is 20.7 Å². The normalized spacial score (nSPS) is 15.2. The van der Waals surface area contributed by atoms with Crippen LogP contribution in [0, 0.1) is 12.8 Å². The zero-order valence-electron chi connectivity index (χ0n) is 21.5. The molecule has 2 aromatic heterocycles. The second-order valence-corrected chi connectivity index (χ2v) is 9.61. The number of ether oxygens (including phenoxy) is 1. The average molecular weight is 550 g/mol. The number of pyridine rings is 1. The van der Waals surface area contributed by atoms with Crippen LogP contribution in [0.1, 0.15) is 34.3 Å². The molecule has 0 saturated carbocycles. The number of aromatic nitrogens is 3. The fourth-order valence-corrected chi connectivity index (χ4v) is 4.51. The summed E-state index contributed by atoms with van der Waals surface area (Å²) in [6, 6.07) is 11.1. The van der Waals surface area contributed by atoms with Gasteiger partial charge in [0.1, 0.15) is 0 Å². The lowest BCUT2D eigenvalue weighted by atomic mass is 10.0. The van der Waals surface area contributed by atoms with Gasteiger partial charge in [0.15, 0.2) is 0 Å². The highest BCUT2D eigenvalue weighted by molar-refractivity contribution is 6.04. The molecule has 5 rings (SSSR count). The van der Waals surface area contributed by atoms with Crippen molar-refractivity contribution in [3.05, 3.63) is 90.0 Å². The molecule has 3 heterocycles. The van der Waals surface area contributed by atoms with Crippen LogP contribution in [0.4, 0.5) is 24.5 Å². The molecule has 1 aliphatic heterocycles. The van der Waals surface area contributed by atoms with Gasteiger partial charge in [-0.05, 0) is 61.2 Å². The minimum atomic E-state index is -4.55. The van der Waals surface area contributed by atoms with Gasteiger partial charge < -0.3 is 15.4 Å². The van der Waals surface area contributed by atoms with Crippen molar-refractivity contribution < 1.29 is 27.5 Å². The summed E-state index contributed by atoms with van der Waals surface area (Å²) in [5.41, 5.74) is 2.91. The van der Waals surface area contributed by atoms with Gasteiger partial charge >= 0.3 is 6.18 Å². The van der Waals surface area contributed by atoms with Crippen LogP contribution in [0.2, 0.25) is 0 Å². The van der Waals surface area contributed by atoms with Crippen molar-refractivity contribution in [1.29, 1.82) is 0 Å². The van der Waals surface area contributed by atoms with Crippen LogP contribution in [0.5, 0.6) is 0 Å². The number of nitrogens with zero attached hydrogens (tertiary/aromatic N) is 3. The monoisotopic (exact) mass is 549 g/mol. The second-order valence-electron chi connectivity index (χ2n) is 9.61. The highest BCUT2D eigenvalue weighted by atomic mass is 19.4. The van der Waals surface area contributed by atoms with E-state index in [1.54, 1.807) is 53.7 Å². The van der Waals surface area contributed by atoms with Gasteiger partial charge in [-0.1, -0.05) is 12.1 Å². The standard InChI is InChI=1S/C29H26F3N5O3/c1-18-5-6-23(35-28(39)20-3-2-4-22(12-20)29(30,31)32)13-26(18)37-16-21(14-34-37)24-15-33-9-7-25(24)36-27(38)11-19-8-10-40-17-19/h2-7,9,12-16,19H,8,10-11,17H2,1H3,(H,35,39)(H,33,36,38). The predicted molar refractivity (Wildman–Crippen MR) is 143 cm³/mol. The van der Waals surface area contributed by atoms with Gasteiger partial charge in [-0.3, -0.25) is 14.6 Å². The molecule has 0 aliphatic carbocycles. The van der Waals surface area contributed by atoms with E-state index >= 15 is 0 Å². The highest BCUT2D eigenvalue weighted by Gasteiger charge is 2.31. The number of carbonyl (C=O) groups excluding carboxylic acids is 2. The van der Waals surface area contributed by atoms with Crippen LogP contribution >= 0.6 is 0 Å². The van der Waals surface area contributed by atoms with E-state index in [1.807, 2.05) is 6.92 Å². The molecule has 0 spiro atoms. The molecular weight excluding hydrogens is 523 g/mol. The third kappa shape index (κ3) is 6.20. The Morgan fingerprint density at radius 1 is 1.10 bits per heavy atom. The Morgan fingerprint density at radius 2 is 1.95 bits per heavy atom. The van der Waals surface area contributed by atoms with E-state index in [-0.39, 0.29) is 17.4 Å². The quantitative estimate of drug-likeness (QED) is 0.300. The predicted octanol–water partition coefficient (Wildman–Crippen LogP) is 5.88. The van der Waals surface area contributed by atoms with E-state index in [1.165, 1.54) is 12.1 Å². The Kier molecular flexibility index (Phi) is 7.65. The number of nitrogens with one attached hydrogen (secondary N) is 2. The molecule has 1 saturated heterocycles. The molecule has 1 atom stereocenters. The number of amides is 2. The third-order valence-corrected chi connectivity index (χ3v) is 6.65. The molecule has 8 nitrogen and oxygen atoms in total. The van der Waals surface area contributed by atoms with E-state index in [0.717, 1.165) is 24.1 Å². The lowest BCUT2D eigenvalue weighted by Gasteiger charge is -2.12. The molecule has 206 valence electrons. The number of carbonyl (C=O) groups is 2. The minimum Gasteiger partial charge on any atom is -0.381 e. The first-order valence-electron chi connectivity index (χ1n) is 12.6. The molecule has 11 heteroatoms. The fourth-order valence-electron chi connectivity index (χ4n) is 4.51. The molecule has 0 radical (unpaired) electrons. The van der Waals surface area contributed by atoms with E-state index in [0.29, 0.717) is 47.8 Å². The Labute approximate surface area is 228 Å². The Balaban J connectivity index is 1.34. The summed E-state index contributed by atoms with van der Waals surface area (Å²) in [4.78, 5) is 29.5. The first-order valence-corrected chi connectivity index (χ1v) is 12.6. The van der Waals surface area contributed by atoms with Crippen LogP contribution < -0.4 is 10.6 Å². The number of alkyl halides is 3. The van der Waals surface area contributed by atoms with Crippen LogP contribution in [-0.4, -0.2) is 39.8 Å². The van der Waals surface area contributed by atoms with Gasteiger partial charge in [-0.25, -0.2) is 4.68 Å². The maximum Gasteiger partial charge on any atom is 0.416 e. The van der Waals surface area contributed by atoms with Crippen molar-refractivity contribution in [3.8, 4) is 16.8 Å². The number of hydrogen-bond acceptors (Lipinski definition) is 5. The molecule has 1 aliphatic rings. The molecule has 2 aromatic carbocycles. The topological polar surface area (TPSA) is 98.1 Å². The molecule has 1 fully saturated rings. The van der Waals surface area contributed by atoms with Crippen LogP contribution in [-0.2, 0) is 15.7 Å². The largest absolute Gasteiger partial charge is 0.416 e. The molecule has 1 unspecified atom stereocenters. The molecule has 40 heavy (non-hydrogen) atoms. The lowest BCUT2D eigenvalue weighted by Crippen LogP contribution is -2.17. The summed E-state index contributed by atoms with van der Waals surface area (Å²) in [7, 11) is 0. The SMILES string of the molecule is Cc1ccc(NC(=O)c2cccc(C(F)(F)F)c2)cc1-n1cc(-c2cnccc2NC(=O)CC2CCOC2)cn1. The van der Waals surface area contributed by atoms with Gasteiger partial charge in [0.2, 0.25) is 5.91 Å². The third-order valence-electron chi connectivity index (χ3n) is 6.65. The van der Waals surface area contributed by atoms with E-state index < -0.39 is 17.6 Å². The zero-order chi connectivity index (χ0) is 28.3. The molecule has 4 aromatic rings. The van der Waals surface area contributed by atoms with Crippen LogP contribution in [0.25, 0.3) is 16.8 Å². The Morgan fingerprint density at radius 3 is 2.73 bits per heavy atom. The molecule has 0 bridgehead atoms. The van der Waals surface area contributed by atoms with Gasteiger partial charge in [-0.15, -0.1) is 0 Å². The van der Waals surface area contributed by atoms with Crippen molar-refractivity contribution in [2.45, 2.75) is 25.9 Å². The van der Waals surface area contributed by atoms with Crippen molar-refractivity contribution >= 4 is 23.2 Å². The van der Waals surface area contributed by atoms with Crippen molar-refractivity contribution in [3.63, 3.8) is 0 Å². The maximum absolute atomic E-state index is 13.1. The van der Waals surface area contributed by atoms with Gasteiger partial charge in [0, 0.05) is 60.6 Å². The number of benzene rings is 2.